The number of piperazine rings is 1. The van der Waals surface area contributed by atoms with Crippen LogP contribution in [0, 0.1) is 5.92 Å². The number of carbonyl (C=O) groups excluding carboxylic acids is 1. The first-order chi connectivity index (χ1) is 14.1. The number of nitrogens with zero attached hydrogens (tertiary/aromatic N) is 2. The number of para-hydroxylation sites is 1. The molecule has 0 amide bonds. The number of nitrogens with one attached hydrogen (secondary N) is 1. The Kier molecular flexibility index (Phi) is 5.74. The maximum Gasteiger partial charge on any atom is 0.310 e. The van der Waals surface area contributed by atoms with E-state index in [9.17, 15) is 4.79 Å². The molecule has 2 aromatic carbocycles. The summed E-state index contributed by atoms with van der Waals surface area (Å²) in [7, 11) is 1.44. The number of halogens is 1. The zero-order chi connectivity index (χ0) is 20.4. The number of carbonyl (C=O) groups is 1. The normalized spacial score (nSPS) is 19.2. The van der Waals surface area contributed by atoms with Crippen LogP contribution in [0.3, 0.4) is 0 Å². The van der Waals surface area contributed by atoms with Crippen molar-refractivity contribution in [2.24, 2.45) is 10.9 Å². The Morgan fingerprint density at radius 2 is 2.17 bits per heavy atom. The van der Waals surface area contributed by atoms with Gasteiger partial charge in [0.15, 0.2) is 5.75 Å². The van der Waals surface area contributed by atoms with E-state index in [1.165, 1.54) is 7.11 Å². The van der Waals surface area contributed by atoms with Gasteiger partial charge >= 0.3 is 5.97 Å². The lowest BCUT2D eigenvalue weighted by molar-refractivity contribution is -0.147. The van der Waals surface area contributed by atoms with E-state index in [-0.39, 0.29) is 17.9 Å². The second-order valence-electron chi connectivity index (χ2n) is 7.19. The van der Waals surface area contributed by atoms with Gasteiger partial charge in [-0.1, -0.05) is 30.7 Å². The van der Waals surface area contributed by atoms with Crippen LogP contribution < -0.4 is 10.1 Å². The van der Waals surface area contributed by atoms with E-state index in [1.54, 1.807) is 6.07 Å². The lowest BCUT2D eigenvalue weighted by atomic mass is 9.94. The summed E-state index contributed by atoms with van der Waals surface area (Å²) in [6.45, 7) is 4.18. The van der Waals surface area contributed by atoms with Crippen LogP contribution in [-0.2, 0) is 9.53 Å². The molecule has 2 aliphatic heterocycles. The highest BCUT2D eigenvalue weighted by Crippen LogP contribution is 2.39. The van der Waals surface area contributed by atoms with Crippen LogP contribution >= 0.6 is 11.6 Å². The Morgan fingerprint density at radius 1 is 1.34 bits per heavy atom. The topological polar surface area (TPSA) is 63.2 Å². The van der Waals surface area contributed by atoms with E-state index in [0.717, 1.165) is 30.2 Å². The van der Waals surface area contributed by atoms with E-state index in [4.69, 9.17) is 26.1 Å². The monoisotopic (exact) mass is 413 g/mol. The quantitative estimate of drug-likeness (QED) is 0.770. The van der Waals surface area contributed by atoms with E-state index in [0.29, 0.717) is 29.4 Å². The number of fused-ring (bicyclic) bond motifs is 2. The van der Waals surface area contributed by atoms with Crippen molar-refractivity contribution in [3.63, 3.8) is 0 Å². The van der Waals surface area contributed by atoms with Crippen molar-refractivity contribution in [2.75, 3.05) is 26.7 Å². The minimum Gasteiger partial charge on any atom is -0.469 e. The number of esters is 1. The van der Waals surface area contributed by atoms with Crippen molar-refractivity contribution in [2.45, 2.75) is 19.4 Å². The fourth-order valence-corrected chi connectivity index (χ4v) is 4.11. The van der Waals surface area contributed by atoms with Crippen LogP contribution in [0.2, 0.25) is 5.02 Å². The van der Waals surface area contributed by atoms with Gasteiger partial charge in [-0.2, -0.15) is 0 Å². The smallest absolute Gasteiger partial charge is 0.310 e. The van der Waals surface area contributed by atoms with Crippen molar-refractivity contribution in [1.82, 2.24) is 10.2 Å². The van der Waals surface area contributed by atoms with E-state index >= 15 is 0 Å². The first-order valence-corrected chi connectivity index (χ1v) is 10.2. The minimum absolute atomic E-state index is 0.0148. The second kappa shape index (κ2) is 8.43. The molecule has 1 N–H and O–H groups in total. The van der Waals surface area contributed by atoms with Gasteiger partial charge in [-0.05, 0) is 36.8 Å². The van der Waals surface area contributed by atoms with Gasteiger partial charge in [0.1, 0.15) is 17.3 Å². The predicted molar refractivity (Wildman–Crippen MR) is 113 cm³/mol. The molecule has 0 bridgehead atoms. The van der Waals surface area contributed by atoms with E-state index < -0.39 is 0 Å². The number of benzene rings is 2. The fourth-order valence-electron chi connectivity index (χ4n) is 3.95. The van der Waals surface area contributed by atoms with E-state index in [1.807, 2.05) is 43.3 Å². The van der Waals surface area contributed by atoms with Gasteiger partial charge in [-0.3, -0.25) is 4.79 Å². The van der Waals surface area contributed by atoms with Gasteiger partial charge in [0.25, 0.3) is 0 Å². The summed E-state index contributed by atoms with van der Waals surface area (Å²) in [4.78, 5) is 19.4. The molecule has 29 heavy (non-hydrogen) atoms. The van der Waals surface area contributed by atoms with Crippen molar-refractivity contribution < 1.29 is 14.3 Å². The summed E-state index contributed by atoms with van der Waals surface area (Å²) in [6, 6.07) is 13.3. The summed E-state index contributed by atoms with van der Waals surface area (Å²) in [5.41, 5.74) is 1.62. The standard InChI is InChI=1S/C22H24ClN3O3/c1-3-15(22(27)28-2)18-13-26(11-10-24-18)21-16-6-4-5-7-19(16)29-20-9-8-14(23)12-17(20)25-21/h4-9,12,15,18,24H,3,10-11,13H2,1-2H3/t15?,18-/m1/s1. The predicted octanol–water partition coefficient (Wildman–Crippen LogP) is 4.00. The highest BCUT2D eigenvalue weighted by atomic mass is 35.5. The van der Waals surface area contributed by atoms with Gasteiger partial charge in [0.05, 0.1) is 18.6 Å². The van der Waals surface area contributed by atoms with Crippen LogP contribution in [-0.4, -0.2) is 49.5 Å². The van der Waals surface area contributed by atoms with Gasteiger partial charge in [-0.15, -0.1) is 0 Å². The summed E-state index contributed by atoms with van der Waals surface area (Å²) in [6.07, 6.45) is 0.711. The summed E-state index contributed by atoms with van der Waals surface area (Å²) in [5, 5.41) is 4.08. The number of hydrogen-bond donors (Lipinski definition) is 1. The fraction of sp³-hybridized carbons (Fsp3) is 0.364. The largest absolute Gasteiger partial charge is 0.469 e. The van der Waals surface area contributed by atoms with Gasteiger partial charge < -0.3 is 19.7 Å². The molecular weight excluding hydrogens is 390 g/mol. The molecule has 2 aliphatic rings. The highest BCUT2D eigenvalue weighted by molar-refractivity contribution is 6.31. The molecule has 0 radical (unpaired) electrons. The first kappa shape index (κ1) is 19.7. The van der Waals surface area contributed by atoms with Crippen LogP contribution in [0.4, 0.5) is 5.69 Å². The second-order valence-corrected chi connectivity index (χ2v) is 7.63. The Hall–Kier alpha value is -2.57. The molecule has 0 spiro atoms. The molecule has 4 rings (SSSR count). The first-order valence-electron chi connectivity index (χ1n) is 9.82. The Morgan fingerprint density at radius 3 is 2.97 bits per heavy atom. The van der Waals surface area contributed by atoms with Crippen LogP contribution in [0.25, 0.3) is 0 Å². The molecule has 2 heterocycles. The molecule has 0 aliphatic carbocycles. The zero-order valence-corrected chi connectivity index (χ0v) is 17.3. The third kappa shape index (κ3) is 3.95. The molecule has 1 fully saturated rings. The summed E-state index contributed by atoms with van der Waals surface area (Å²) < 4.78 is 11.2. The zero-order valence-electron chi connectivity index (χ0n) is 16.5. The Labute approximate surface area is 175 Å². The van der Waals surface area contributed by atoms with Crippen molar-refractivity contribution in [3.05, 3.63) is 53.1 Å². The molecule has 0 saturated carbocycles. The van der Waals surface area contributed by atoms with Gasteiger partial charge in [-0.25, -0.2) is 4.99 Å². The van der Waals surface area contributed by atoms with Crippen LogP contribution in [0.1, 0.15) is 18.9 Å². The molecule has 2 atom stereocenters. The SMILES string of the molecule is CCC(C(=O)OC)[C@H]1CN(C2=Nc3cc(Cl)ccc3Oc3ccccc32)CCN1. The number of hydrogen-bond acceptors (Lipinski definition) is 6. The molecule has 6 nitrogen and oxygen atoms in total. The number of amidine groups is 1. The summed E-state index contributed by atoms with van der Waals surface area (Å²) in [5.74, 6) is 1.86. The molecule has 152 valence electrons. The average molecular weight is 414 g/mol. The van der Waals surface area contributed by atoms with E-state index in [2.05, 4.69) is 10.2 Å². The molecule has 1 unspecified atom stereocenters. The van der Waals surface area contributed by atoms with Crippen molar-refractivity contribution in [3.8, 4) is 11.5 Å². The van der Waals surface area contributed by atoms with Crippen molar-refractivity contribution in [1.29, 1.82) is 0 Å². The summed E-state index contributed by atoms with van der Waals surface area (Å²) >= 11 is 6.21. The third-order valence-corrected chi connectivity index (χ3v) is 5.66. The average Bonchev–Trinajstić information content (AvgIpc) is 2.91. The van der Waals surface area contributed by atoms with Crippen LogP contribution in [0.5, 0.6) is 11.5 Å². The Balaban J connectivity index is 1.72. The lowest BCUT2D eigenvalue weighted by Gasteiger charge is -2.38. The molecule has 1 saturated heterocycles. The Bertz CT molecular complexity index is 947. The maximum atomic E-state index is 12.2. The maximum absolute atomic E-state index is 12.2. The minimum atomic E-state index is -0.206. The van der Waals surface area contributed by atoms with Gasteiger partial charge in [0.2, 0.25) is 0 Å². The number of methoxy groups -OCH3 is 1. The van der Waals surface area contributed by atoms with Gasteiger partial charge in [0, 0.05) is 30.7 Å². The highest BCUT2D eigenvalue weighted by Gasteiger charge is 2.33. The molecular formula is C22H24ClN3O3. The molecule has 2 aromatic rings. The lowest BCUT2D eigenvalue weighted by Crippen LogP contribution is -2.56. The number of aliphatic imine (C=N–C) groups is 1. The molecule has 0 aromatic heterocycles. The third-order valence-electron chi connectivity index (χ3n) is 5.43. The number of ether oxygens (including phenoxy) is 2. The van der Waals surface area contributed by atoms with Crippen molar-refractivity contribution >= 4 is 29.1 Å². The van der Waals surface area contributed by atoms with Crippen LogP contribution in [0.15, 0.2) is 47.5 Å². The molecule has 7 heteroatoms. The number of rotatable bonds is 3.